The third-order valence-electron chi connectivity index (χ3n) is 8.28. The molecule has 0 saturated carbocycles. The first-order valence-electron chi connectivity index (χ1n) is 14.4. The molecule has 0 bridgehead atoms. The topological polar surface area (TPSA) is 51.8 Å². The molecule has 0 spiro atoms. The third kappa shape index (κ3) is 3.81. The van der Waals surface area contributed by atoms with Crippen molar-refractivity contribution >= 4 is 54.3 Å². The van der Waals surface area contributed by atoms with Crippen molar-refractivity contribution in [3.05, 3.63) is 140 Å². The molecule has 9 rings (SSSR count). The third-order valence-corrected chi connectivity index (χ3v) is 8.28. The van der Waals surface area contributed by atoms with Gasteiger partial charge in [0.2, 0.25) is 0 Å². The van der Waals surface area contributed by atoms with Crippen molar-refractivity contribution < 1.29 is 4.42 Å². The summed E-state index contributed by atoms with van der Waals surface area (Å²) in [7, 11) is 0. The van der Waals surface area contributed by atoms with Gasteiger partial charge >= 0.3 is 0 Å². The molecule has 0 fully saturated rings. The minimum atomic E-state index is 0.613. The zero-order valence-electron chi connectivity index (χ0n) is 23.0. The van der Waals surface area contributed by atoms with E-state index in [0.717, 1.165) is 60.2 Å². The fourth-order valence-electron chi connectivity index (χ4n) is 6.27. The van der Waals surface area contributed by atoms with Gasteiger partial charge in [-0.25, -0.2) is 15.0 Å². The number of fused-ring (bicyclic) bond motifs is 7. The average Bonchev–Trinajstić information content (AvgIpc) is 3.44. The Morgan fingerprint density at radius 1 is 0.372 bits per heavy atom. The minimum absolute atomic E-state index is 0.613. The Kier molecular flexibility index (Phi) is 5.16. The van der Waals surface area contributed by atoms with Crippen molar-refractivity contribution in [3.63, 3.8) is 0 Å². The van der Waals surface area contributed by atoms with E-state index in [2.05, 4.69) is 97.1 Å². The normalized spacial score (nSPS) is 11.7. The lowest BCUT2D eigenvalue weighted by Crippen LogP contribution is -2.01. The summed E-state index contributed by atoms with van der Waals surface area (Å²) >= 11 is 0. The summed E-state index contributed by atoms with van der Waals surface area (Å²) in [6, 6.07) is 48.1. The Hall–Kier alpha value is -5.87. The van der Waals surface area contributed by atoms with Gasteiger partial charge in [-0.05, 0) is 56.6 Å². The van der Waals surface area contributed by atoms with Crippen LogP contribution in [-0.2, 0) is 0 Å². The van der Waals surface area contributed by atoms with E-state index in [0.29, 0.717) is 17.5 Å². The van der Waals surface area contributed by atoms with Crippen LogP contribution >= 0.6 is 0 Å². The quantitative estimate of drug-likeness (QED) is 0.206. The molecule has 2 aromatic heterocycles. The van der Waals surface area contributed by atoms with Gasteiger partial charge in [-0.3, -0.25) is 0 Å². The van der Waals surface area contributed by atoms with Crippen molar-refractivity contribution in [3.8, 4) is 34.2 Å². The molecule has 7 aromatic carbocycles. The van der Waals surface area contributed by atoms with Gasteiger partial charge in [0.05, 0.1) is 0 Å². The molecule has 0 atom stereocenters. The second kappa shape index (κ2) is 9.33. The lowest BCUT2D eigenvalue weighted by atomic mass is 9.96. The summed E-state index contributed by atoms with van der Waals surface area (Å²) in [5.74, 6) is 1.89. The van der Waals surface area contributed by atoms with Crippen LogP contribution in [0, 0.1) is 0 Å². The van der Waals surface area contributed by atoms with E-state index in [9.17, 15) is 0 Å². The van der Waals surface area contributed by atoms with Crippen LogP contribution in [0.2, 0.25) is 0 Å². The fourth-order valence-corrected chi connectivity index (χ4v) is 6.27. The molecule has 0 radical (unpaired) electrons. The molecule has 0 aliphatic heterocycles. The van der Waals surface area contributed by atoms with Crippen molar-refractivity contribution in [1.29, 1.82) is 0 Å². The SMILES string of the molecule is c1ccc(-c2nc(-c3cc4ccccc4c4ccccc34)nc(-c3cccc4oc5cc6ccccc6cc5c34)n2)cc1. The largest absolute Gasteiger partial charge is 0.456 e. The van der Waals surface area contributed by atoms with E-state index in [4.69, 9.17) is 19.4 Å². The second-order valence-electron chi connectivity index (χ2n) is 10.8. The molecular formula is C39H23N3O. The molecule has 0 amide bonds. The molecule has 0 unspecified atom stereocenters. The van der Waals surface area contributed by atoms with Crippen molar-refractivity contribution in [2.24, 2.45) is 0 Å². The first-order chi connectivity index (χ1) is 21.3. The lowest BCUT2D eigenvalue weighted by molar-refractivity contribution is 0.669. The molecule has 2 heterocycles. The van der Waals surface area contributed by atoms with Gasteiger partial charge < -0.3 is 4.42 Å². The standard InChI is InChI=1S/C39H23N3O/c1-2-11-24(12-3-1)37-40-38(31-19-10-20-34-36(31)33-21-25-13-4-5-14-26(25)23-35(33)43-34)42-39(41-37)32-22-27-15-6-7-16-28(27)29-17-8-9-18-30(29)32/h1-23H. The van der Waals surface area contributed by atoms with Gasteiger partial charge in [0.25, 0.3) is 0 Å². The van der Waals surface area contributed by atoms with Crippen LogP contribution in [0.1, 0.15) is 0 Å². The van der Waals surface area contributed by atoms with E-state index in [1.165, 1.54) is 10.8 Å². The molecule has 4 heteroatoms. The van der Waals surface area contributed by atoms with Crippen molar-refractivity contribution in [2.75, 3.05) is 0 Å². The Labute approximate surface area is 246 Å². The molecule has 0 saturated heterocycles. The zero-order chi connectivity index (χ0) is 28.3. The zero-order valence-corrected chi connectivity index (χ0v) is 23.0. The summed E-state index contributed by atoms with van der Waals surface area (Å²) in [6.07, 6.45) is 0. The van der Waals surface area contributed by atoms with Crippen LogP contribution in [0.3, 0.4) is 0 Å². The number of hydrogen-bond donors (Lipinski definition) is 0. The number of hydrogen-bond acceptors (Lipinski definition) is 4. The predicted octanol–water partition coefficient (Wildman–Crippen LogP) is 10.2. The lowest BCUT2D eigenvalue weighted by Gasteiger charge is -2.12. The van der Waals surface area contributed by atoms with Gasteiger partial charge in [-0.15, -0.1) is 0 Å². The molecule has 43 heavy (non-hydrogen) atoms. The summed E-state index contributed by atoms with van der Waals surface area (Å²) in [4.78, 5) is 15.3. The Morgan fingerprint density at radius 2 is 1.00 bits per heavy atom. The van der Waals surface area contributed by atoms with Crippen LogP contribution in [0.25, 0.3) is 88.4 Å². The van der Waals surface area contributed by atoms with Crippen molar-refractivity contribution in [1.82, 2.24) is 15.0 Å². The number of rotatable bonds is 3. The number of aromatic nitrogens is 3. The van der Waals surface area contributed by atoms with Crippen molar-refractivity contribution in [2.45, 2.75) is 0 Å². The number of benzene rings is 7. The predicted molar refractivity (Wildman–Crippen MR) is 176 cm³/mol. The molecule has 4 nitrogen and oxygen atoms in total. The highest BCUT2D eigenvalue weighted by Gasteiger charge is 2.19. The maximum absolute atomic E-state index is 6.39. The highest BCUT2D eigenvalue weighted by atomic mass is 16.3. The van der Waals surface area contributed by atoms with E-state index in [1.54, 1.807) is 0 Å². The van der Waals surface area contributed by atoms with Gasteiger partial charge in [-0.2, -0.15) is 0 Å². The minimum Gasteiger partial charge on any atom is -0.456 e. The Bertz CT molecular complexity index is 2510. The summed E-state index contributed by atoms with van der Waals surface area (Å²) in [5.41, 5.74) is 4.48. The monoisotopic (exact) mass is 549 g/mol. The van der Waals surface area contributed by atoms with Gasteiger partial charge in [0.1, 0.15) is 11.2 Å². The smallest absolute Gasteiger partial charge is 0.164 e. The molecule has 9 aromatic rings. The second-order valence-corrected chi connectivity index (χ2v) is 10.8. The van der Waals surface area contributed by atoms with Crippen LogP contribution < -0.4 is 0 Å². The summed E-state index contributed by atoms with van der Waals surface area (Å²) in [6.45, 7) is 0. The van der Waals surface area contributed by atoms with E-state index < -0.39 is 0 Å². The van der Waals surface area contributed by atoms with Crippen LogP contribution in [0.15, 0.2) is 144 Å². The highest BCUT2D eigenvalue weighted by Crippen LogP contribution is 2.39. The summed E-state index contributed by atoms with van der Waals surface area (Å²) < 4.78 is 6.39. The maximum atomic E-state index is 6.39. The first kappa shape index (κ1) is 23.8. The molecular weight excluding hydrogens is 526 g/mol. The van der Waals surface area contributed by atoms with Crippen LogP contribution in [-0.4, -0.2) is 15.0 Å². The van der Waals surface area contributed by atoms with Crippen LogP contribution in [0.4, 0.5) is 0 Å². The van der Waals surface area contributed by atoms with Crippen LogP contribution in [0.5, 0.6) is 0 Å². The molecule has 0 aliphatic rings. The van der Waals surface area contributed by atoms with E-state index in [-0.39, 0.29) is 0 Å². The highest BCUT2D eigenvalue weighted by molar-refractivity contribution is 6.16. The van der Waals surface area contributed by atoms with Gasteiger partial charge in [-0.1, -0.05) is 115 Å². The molecule has 0 aliphatic carbocycles. The Morgan fingerprint density at radius 3 is 1.81 bits per heavy atom. The number of furan rings is 1. The average molecular weight is 550 g/mol. The summed E-state index contributed by atoms with van der Waals surface area (Å²) in [5, 5.41) is 9.00. The van der Waals surface area contributed by atoms with Gasteiger partial charge in [0.15, 0.2) is 17.5 Å². The van der Waals surface area contributed by atoms with Gasteiger partial charge in [0, 0.05) is 27.5 Å². The molecule has 0 N–H and O–H groups in total. The number of nitrogens with zero attached hydrogens (tertiary/aromatic N) is 3. The van der Waals surface area contributed by atoms with E-state index in [1.807, 2.05) is 42.5 Å². The molecule has 200 valence electrons. The Balaban J connectivity index is 1.36. The first-order valence-corrected chi connectivity index (χ1v) is 14.4. The maximum Gasteiger partial charge on any atom is 0.164 e. The van der Waals surface area contributed by atoms with E-state index >= 15 is 0 Å². The fraction of sp³-hybridized carbons (Fsp3) is 0.